The molecule has 9 N–H and O–H groups in total. The number of allylic oxidation sites excluding steroid dienone is 2. The van der Waals surface area contributed by atoms with Crippen molar-refractivity contribution in [3.8, 4) is 34.3 Å². The van der Waals surface area contributed by atoms with E-state index in [4.69, 9.17) is 23.4 Å². The number of phenolic OH excluding ortho intramolecular Hbond substituents is 2. The number of aliphatic hydroxyl groups is 7. The average Bonchev–Trinajstić information content (AvgIpc) is 3.03. The number of aromatic hydroxyl groups is 2. The van der Waals surface area contributed by atoms with Crippen molar-refractivity contribution in [3.05, 3.63) is 57.8 Å². The molecule has 15 nitrogen and oxygen atoms in total. The van der Waals surface area contributed by atoms with E-state index in [0.29, 0.717) is 0 Å². The number of fused-ring (bicyclic) bond motifs is 1. The molecule has 2 aromatic carbocycles. The molecule has 3 heterocycles. The van der Waals surface area contributed by atoms with E-state index in [1.165, 1.54) is 31.2 Å². The van der Waals surface area contributed by atoms with Gasteiger partial charge in [-0.25, -0.2) is 0 Å². The van der Waals surface area contributed by atoms with Gasteiger partial charge in [0, 0.05) is 17.2 Å². The van der Waals surface area contributed by atoms with Crippen molar-refractivity contribution in [2.45, 2.75) is 88.6 Å². The van der Waals surface area contributed by atoms with Gasteiger partial charge in [0.2, 0.25) is 23.8 Å². The molecule has 2 fully saturated rings. The van der Waals surface area contributed by atoms with E-state index in [-0.39, 0.29) is 45.8 Å². The van der Waals surface area contributed by atoms with Crippen molar-refractivity contribution >= 4 is 11.0 Å². The first kappa shape index (κ1) is 34.6. The highest BCUT2D eigenvalue weighted by molar-refractivity contribution is 5.91. The second-order valence-corrected chi connectivity index (χ2v) is 11.8. The van der Waals surface area contributed by atoms with Crippen molar-refractivity contribution in [3.63, 3.8) is 0 Å². The molecule has 0 unspecified atom stereocenters. The van der Waals surface area contributed by atoms with Crippen molar-refractivity contribution in [2.24, 2.45) is 0 Å². The molecule has 2 aliphatic rings. The predicted molar refractivity (Wildman–Crippen MR) is 162 cm³/mol. The summed E-state index contributed by atoms with van der Waals surface area (Å²) in [4.78, 5) is 14.2. The van der Waals surface area contributed by atoms with Gasteiger partial charge in [-0.3, -0.25) is 4.79 Å². The lowest BCUT2D eigenvalue weighted by atomic mass is 9.99. The van der Waals surface area contributed by atoms with Gasteiger partial charge in [0.05, 0.1) is 12.7 Å². The third-order valence-corrected chi connectivity index (χ3v) is 8.14. The Hall–Kier alpha value is -3.77. The molecular weight excluding hydrogens is 624 g/mol. The zero-order valence-corrected chi connectivity index (χ0v) is 25.6. The number of phenols is 2. The number of hydrogen-bond donors (Lipinski definition) is 9. The van der Waals surface area contributed by atoms with Crippen LogP contribution in [0.3, 0.4) is 0 Å². The predicted octanol–water partition coefficient (Wildman–Crippen LogP) is -0.235. The van der Waals surface area contributed by atoms with E-state index in [1.54, 1.807) is 6.08 Å². The summed E-state index contributed by atoms with van der Waals surface area (Å²) in [5, 5.41) is 92.5. The summed E-state index contributed by atoms with van der Waals surface area (Å²) in [6.45, 7) is 4.34. The van der Waals surface area contributed by atoms with Crippen LogP contribution in [-0.4, -0.2) is 114 Å². The van der Waals surface area contributed by atoms with E-state index in [0.717, 1.165) is 11.6 Å². The van der Waals surface area contributed by atoms with Gasteiger partial charge in [0.25, 0.3) is 0 Å². The normalized spacial score (nSPS) is 31.0. The van der Waals surface area contributed by atoms with Crippen molar-refractivity contribution < 1.29 is 69.3 Å². The second kappa shape index (κ2) is 13.8. The van der Waals surface area contributed by atoms with Gasteiger partial charge in [-0.1, -0.05) is 11.6 Å². The zero-order valence-electron chi connectivity index (χ0n) is 25.6. The van der Waals surface area contributed by atoms with Gasteiger partial charge in [0.1, 0.15) is 70.9 Å². The molecule has 0 amide bonds. The summed E-state index contributed by atoms with van der Waals surface area (Å²) >= 11 is 0. The summed E-state index contributed by atoms with van der Waals surface area (Å²) in [5.41, 5.74) is 0.138. The molecule has 256 valence electrons. The van der Waals surface area contributed by atoms with Crippen LogP contribution in [0, 0.1) is 0 Å². The number of hydrogen-bond acceptors (Lipinski definition) is 15. The van der Waals surface area contributed by atoms with Crippen molar-refractivity contribution in [1.82, 2.24) is 0 Å². The molecule has 0 bridgehead atoms. The molecule has 0 radical (unpaired) electrons. The monoisotopic (exact) mass is 662 g/mol. The first-order chi connectivity index (χ1) is 22.2. The van der Waals surface area contributed by atoms with Crippen LogP contribution in [0.4, 0.5) is 0 Å². The van der Waals surface area contributed by atoms with Gasteiger partial charge in [0.15, 0.2) is 5.76 Å². The molecule has 2 aliphatic heterocycles. The fourth-order valence-electron chi connectivity index (χ4n) is 5.39. The molecule has 47 heavy (non-hydrogen) atoms. The molecule has 0 aliphatic carbocycles. The summed E-state index contributed by atoms with van der Waals surface area (Å²) in [6, 6.07) is 6.52. The second-order valence-electron chi connectivity index (χ2n) is 11.8. The maximum Gasteiger partial charge on any atom is 0.239 e. The van der Waals surface area contributed by atoms with E-state index >= 15 is 0 Å². The van der Waals surface area contributed by atoms with E-state index in [9.17, 15) is 50.8 Å². The molecule has 1 aromatic heterocycles. The molecular formula is C32H38O15. The Morgan fingerprint density at radius 1 is 0.851 bits per heavy atom. The van der Waals surface area contributed by atoms with Gasteiger partial charge in [-0.05, 0) is 51.5 Å². The molecule has 15 heteroatoms. The average molecular weight is 663 g/mol. The number of aliphatic hydroxyl groups excluding tert-OH is 7. The Morgan fingerprint density at radius 2 is 1.47 bits per heavy atom. The van der Waals surface area contributed by atoms with Gasteiger partial charge < -0.3 is 69.3 Å². The molecule has 10 atom stereocenters. The summed E-state index contributed by atoms with van der Waals surface area (Å²) in [7, 11) is 0. The lowest BCUT2D eigenvalue weighted by molar-refractivity contribution is -0.277. The molecule has 5 rings (SSSR count). The number of benzene rings is 2. The SMILES string of the molecule is CC(C)=CCc1c(O[C@H]2O[C@@H](CO)[C@H](O)[C@H](O)[C@@H]2O)cc(O)c2c(=O)c(O[C@@H]3O[C@@H](C)[C@H](O)[C@H](O)[C@@H]3O)c(-c3ccc(O)cc3)oc12. The summed E-state index contributed by atoms with van der Waals surface area (Å²) in [6.07, 6.45) is -13.9. The van der Waals surface area contributed by atoms with Gasteiger partial charge in [-0.15, -0.1) is 0 Å². The van der Waals surface area contributed by atoms with E-state index in [2.05, 4.69) is 0 Å². The Bertz CT molecular complexity index is 1660. The van der Waals surface area contributed by atoms with Crippen LogP contribution in [0.15, 0.2) is 51.2 Å². The smallest absolute Gasteiger partial charge is 0.239 e. The third kappa shape index (κ3) is 6.67. The largest absolute Gasteiger partial charge is 0.508 e. The number of rotatable bonds is 8. The minimum Gasteiger partial charge on any atom is -0.508 e. The van der Waals surface area contributed by atoms with E-state index < -0.39 is 84.9 Å². The highest BCUT2D eigenvalue weighted by atomic mass is 16.7. The maximum atomic E-state index is 14.2. The third-order valence-electron chi connectivity index (χ3n) is 8.14. The first-order valence-corrected chi connectivity index (χ1v) is 14.8. The minimum absolute atomic E-state index is 0.0517. The Morgan fingerprint density at radius 3 is 2.09 bits per heavy atom. The number of ether oxygens (including phenoxy) is 4. The fraction of sp³-hybridized carbons (Fsp3) is 0.469. The molecule has 0 saturated carbocycles. The van der Waals surface area contributed by atoms with Crippen LogP contribution in [-0.2, 0) is 15.9 Å². The quantitative estimate of drug-likeness (QED) is 0.141. The Balaban J connectivity index is 1.71. The lowest BCUT2D eigenvalue weighted by Gasteiger charge is -2.39. The standard InChI is InChI=1S/C32H38O15/c1-12(2)4-9-16-18(44-32-27(42)25(40)22(37)19(11-33)45-32)10-17(35)20-23(38)30(47-31-26(41)24(39)21(36)13(3)43-31)28(46-29(16)20)14-5-7-15(34)8-6-14/h4-8,10,13,19,21-22,24-27,31-37,39-42H,9,11H2,1-3H3/t13-,19-,21-,22-,24-,25-,26-,27-,31-,32-/m0/s1. The molecule has 2 saturated heterocycles. The summed E-state index contributed by atoms with van der Waals surface area (Å²) in [5.74, 6) is -1.66. The van der Waals surface area contributed by atoms with Crippen LogP contribution in [0.2, 0.25) is 0 Å². The van der Waals surface area contributed by atoms with Crippen LogP contribution in [0.1, 0.15) is 26.3 Å². The van der Waals surface area contributed by atoms with Crippen molar-refractivity contribution in [1.29, 1.82) is 0 Å². The molecule has 3 aromatic rings. The topological polar surface area (TPSA) is 249 Å². The highest BCUT2D eigenvalue weighted by Crippen LogP contribution is 2.41. The highest BCUT2D eigenvalue weighted by Gasteiger charge is 2.46. The fourth-order valence-corrected chi connectivity index (χ4v) is 5.39. The maximum absolute atomic E-state index is 14.2. The zero-order chi connectivity index (χ0) is 34.3. The Labute approximate surface area is 267 Å². The minimum atomic E-state index is -1.79. The van der Waals surface area contributed by atoms with Crippen molar-refractivity contribution in [2.75, 3.05) is 6.61 Å². The van der Waals surface area contributed by atoms with Crippen LogP contribution in [0.5, 0.6) is 23.0 Å². The van der Waals surface area contributed by atoms with Gasteiger partial charge >= 0.3 is 0 Å². The van der Waals surface area contributed by atoms with E-state index in [1.807, 2.05) is 13.8 Å². The summed E-state index contributed by atoms with van der Waals surface area (Å²) < 4.78 is 29.0. The Kier molecular flexibility index (Phi) is 10.1. The van der Waals surface area contributed by atoms with Crippen LogP contribution in [0.25, 0.3) is 22.3 Å². The lowest BCUT2D eigenvalue weighted by Crippen LogP contribution is -2.60. The first-order valence-electron chi connectivity index (χ1n) is 14.8. The van der Waals surface area contributed by atoms with Crippen LogP contribution >= 0.6 is 0 Å². The van der Waals surface area contributed by atoms with Gasteiger partial charge in [-0.2, -0.15) is 0 Å². The van der Waals surface area contributed by atoms with Crippen LogP contribution < -0.4 is 14.9 Å². The molecule has 0 spiro atoms.